The Bertz CT molecular complexity index is 685. The maximum Gasteiger partial charge on any atom is 0.0431 e. The number of rotatable bonds is 10. The van der Waals surface area contributed by atoms with E-state index in [2.05, 4.69) is 61.5 Å². The van der Waals surface area contributed by atoms with Gasteiger partial charge >= 0.3 is 0 Å². The van der Waals surface area contributed by atoms with E-state index in [0.29, 0.717) is 23.4 Å². The third-order valence-corrected chi connectivity index (χ3v) is 8.74. The molecule has 178 valence electrons. The Labute approximate surface area is 194 Å². The summed E-state index contributed by atoms with van der Waals surface area (Å²) in [4.78, 5) is 0. The molecule has 1 fully saturated rings. The van der Waals surface area contributed by atoms with Gasteiger partial charge in [0.05, 0.1) is 0 Å². The number of hydrogen-bond donors (Lipinski definition) is 1. The second-order valence-electron chi connectivity index (χ2n) is 12.3. The van der Waals surface area contributed by atoms with Crippen LogP contribution in [0.3, 0.4) is 0 Å². The molecule has 1 nitrogen and oxygen atoms in total. The average molecular weight is 429 g/mol. The normalized spacial score (nSPS) is 27.1. The monoisotopic (exact) mass is 428 g/mol. The van der Waals surface area contributed by atoms with Crippen molar-refractivity contribution in [3.63, 3.8) is 0 Å². The van der Waals surface area contributed by atoms with Gasteiger partial charge < -0.3 is 5.11 Å². The Hall–Kier alpha value is -0.820. The van der Waals surface area contributed by atoms with E-state index in [1.807, 2.05) is 5.57 Å². The van der Waals surface area contributed by atoms with Crippen molar-refractivity contribution < 1.29 is 5.11 Å². The van der Waals surface area contributed by atoms with Crippen LogP contribution < -0.4 is 0 Å². The molecule has 0 radical (unpaired) electrons. The van der Waals surface area contributed by atoms with E-state index in [9.17, 15) is 0 Å². The van der Waals surface area contributed by atoms with Crippen LogP contribution in [0.5, 0.6) is 0 Å². The van der Waals surface area contributed by atoms with E-state index in [-0.39, 0.29) is 0 Å². The molecule has 1 saturated carbocycles. The number of fused-ring (bicyclic) bond motifs is 1. The van der Waals surface area contributed by atoms with Crippen molar-refractivity contribution in [2.24, 2.45) is 22.7 Å². The molecule has 0 aromatic heterocycles. The highest BCUT2D eigenvalue weighted by molar-refractivity contribution is 5.25. The summed E-state index contributed by atoms with van der Waals surface area (Å²) >= 11 is 0. The summed E-state index contributed by atoms with van der Waals surface area (Å²) in [6.07, 6.45) is 16.3. The summed E-state index contributed by atoms with van der Waals surface area (Å²) < 4.78 is 0. The van der Waals surface area contributed by atoms with E-state index in [1.54, 1.807) is 16.7 Å². The molecule has 2 aliphatic rings. The molecule has 0 unspecified atom stereocenters. The van der Waals surface area contributed by atoms with Crippen LogP contribution >= 0.6 is 0 Å². The second kappa shape index (κ2) is 11.4. The minimum atomic E-state index is 0.311. The molecule has 3 atom stereocenters. The first-order valence-corrected chi connectivity index (χ1v) is 13.1. The van der Waals surface area contributed by atoms with E-state index < -0.39 is 0 Å². The maximum absolute atomic E-state index is 9.16. The van der Waals surface area contributed by atoms with Crippen molar-refractivity contribution in [3.05, 3.63) is 33.9 Å². The second-order valence-corrected chi connectivity index (χ2v) is 12.3. The molecule has 0 spiro atoms. The van der Waals surface area contributed by atoms with Crippen LogP contribution in [0.1, 0.15) is 126 Å². The van der Waals surface area contributed by atoms with Gasteiger partial charge in [0.2, 0.25) is 0 Å². The Balaban J connectivity index is 1.96. The van der Waals surface area contributed by atoms with Gasteiger partial charge in [-0.1, -0.05) is 61.6 Å². The van der Waals surface area contributed by atoms with Crippen LogP contribution in [0.25, 0.3) is 0 Å². The largest absolute Gasteiger partial charge is 0.396 e. The first-order valence-electron chi connectivity index (χ1n) is 13.1. The van der Waals surface area contributed by atoms with Crippen LogP contribution in [0.4, 0.5) is 0 Å². The zero-order chi connectivity index (χ0) is 23.2. The van der Waals surface area contributed by atoms with Crippen molar-refractivity contribution in [1.29, 1.82) is 0 Å². The number of aliphatic hydroxyl groups is 1. The van der Waals surface area contributed by atoms with Gasteiger partial charge in [-0.2, -0.15) is 0 Å². The lowest BCUT2D eigenvalue weighted by Gasteiger charge is -2.52. The van der Waals surface area contributed by atoms with Gasteiger partial charge in [-0.3, -0.25) is 0 Å². The smallest absolute Gasteiger partial charge is 0.0431 e. The summed E-state index contributed by atoms with van der Waals surface area (Å²) in [6, 6.07) is 0. The fourth-order valence-electron chi connectivity index (χ4n) is 6.33. The molecular weight excluding hydrogens is 376 g/mol. The summed E-state index contributed by atoms with van der Waals surface area (Å²) in [6.45, 7) is 19.5. The van der Waals surface area contributed by atoms with Crippen molar-refractivity contribution in [3.8, 4) is 0 Å². The summed E-state index contributed by atoms with van der Waals surface area (Å²) in [7, 11) is 0. The molecule has 1 N–H and O–H groups in total. The lowest BCUT2D eigenvalue weighted by atomic mass is 9.53. The molecule has 31 heavy (non-hydrogen) atoms. The molecule has 2 aliphatic carbocycles. The SMILES string of the molecule is CC(C)=C(CC/C(C)=C/CCC1=C(C)CC[C@@]2(C)CCC(C)(C)C[C@@H]12)[C@@H](C)CCCO. The molecule has 2 rings (SSSR count). The van der Waals surface area contributed by atoms with Crippen LogP contribution in [-0.2, 0) is 0 Å². The van der Waals surface area contributed by atoms with Gasteiger partial charge in [0, 0.05) is 6.61 Å². The fourth-order valence-corrected chi connectivity index (χ4v) is 6.33. The van der Waals surface area contributed by atoms with E-state index in [4.69, 9.17) is 5.11 Å². The molecule has 0 bridgehead atoms. The van der Waals surface area contributed by atoms with E-state index in [1.165, 1.54) is 63.4 Å². The van der Waals surface area contributed by atoms with Gasteiger partial charge in [0.1, 0.15) is 0 Å². The third kappa shape index (κ3) is 7.34. The van der Waals surface area contributed by atoms with E-state index >= 15 is 0 Å². The van der Waals surface area contributed by atoms with E-state index in [0.717, 1.165) is 18.8 Å². The molecule has 0 aromatic rings. The molecule has 0 aliphatic heterocycles. The maximum atomic E-state index is 9.16. The lowest BCUT2D eigenvalue weighted by Crippen LogP contribution is -2.41. The van der Waals surface area contributed by atoms with Crippen LogP contribution in [0, 0.1) is 22.7 Å². The topological polar surface area (TPSA) is 20.2 Å². The number of allylic oxidation sites excluding steroid dienone is 6. The van der Waals surface area contributed by atoms with Crippen molar-refractivity contribution >= 4 is 0 Å². The fraction of sp³-hybridized carbons (Fsp3) is 0.800. The average Bonchev–Trinajstić information content (AvgIpc) is 2.69. The van der Waals surface area contributed by atoms with Gasteiger partial charge in [-0.25, -0.2) is 0 Å². The third-order valence-electron chi connectivity index (χ3n) is 8.74. The minimum Gasteiger partial charge on any atom is -0.396 e. The Morgan fingerprint density at radius 3 is 2.45 bits per heavy atom. The zero-order valence-electron chi connectivity index (χ0n) is 22.2. The quantitative estimate of drug-likeness (QED) is 0.344. The highest BCUT2D eigenvalue weighted by Gasteiger charge is 2.45. The van der Waals surface area contributed by atoms with Gasteiger partial charge in [0.25, 0.3) is 0 Å². The number of hydrogen-bond acceptors (Lipinski definition) is 1. The van der Waals surface area contributed by atoms with Crippen molar-refractivity contribution in [2.45, 2.75) is 126 Å². The summed E-state index contributed by atoms with van der Waals surface area (Å²) in [5.41, 5.74) is 9.20. The summed E-state index contributed by atoms with van der Waals surface area (Å²) in [5.74, 6) is 1.40. The van der Waals surface area contributed by atoms with Crippen LogP contribution in [-0.4, -0.2) is 11.7 Å². The van der Waals surface area contributed by atoms with Crippen LogP contribution in [0.2, 0.25) is 0 Å². The highest BCUT2D eigenvalue weighted by atomic mass is 16.2. The molecule has 0 heterocycles. The minimum absolute atomic E-state index is 0.311. The Morgan fingerprint density at radius 1 is 1.10 bits per heavy atom. The molecule has 0 amide bonds. The predicted molar refractivity (Wildman–Crippen MR) is 137 cm³/mol. The highest BCUT2D eigenvalue weighted by Crippen LogP contribution is 2.57. The summed E-state index contributed by atoms with van der Waals surface area (Å²) in [5, 5.41) is 9.16. The number of aliphatic hydroxyl groups excluding tert-OH is 1. The standard InChI is InChI=1S/C30H52O/c1-22(2)26(24(4)12-10-20-31)15-14-23(3)11-9-13-27-25(5)16-17-30(8)19-18-29(6,7)21-28(27)30/h11,24,28,31H,9-10,12-21H2,1-8H3/b23-11+/t24-,28-,30-/m0/s1. The zero-order valence-corrected chi connectivity index (χ0v) is 22.2. The van der Waals surface area contributed by atoms with Crippen molar-refractivity contribution in [1.82, 2.24) is 0 Å². The van der Waals surface area contributed by atoms with Crippen molar-refractivity contribution in [2.75, 3.05) is 6.61 Å². The van der Waals surface area contributed by atoms with Crippen LogP contribution in [0.15, 0.2) is 33.9 Å². The first kappa shape index (κ1) is 26.4. The van der Waals surface area contributed by atoms with Gasteiger partial charge in [0.15, 0.2) is 0 Å². The Kier molecular flexibility index (Phi) is 9.68. The van der Waals surface area contributed by atoms with Gasteiger partial charge in [-0.15, -0.1) is 0 Å². The molecular formula is C30H52O. The predicted octanol–water partition coefficient (Wildman–Crippen LogP) is 9.18. The first-order chi connectivity index (χ1) is 14.5. The molecule has 1 heteroatoms. The van der Waals surface area contributed by atoms with Gasteiger partial charge in [-0.05, 0) is 121 Å². The molecule has 0 saturated heterocycles. The lowest BCUT2D eigenvalue weighted by molar-refractivity contribution is 0.0444. The Morgan fingerprint density at radius 2 is 1.81 bits per heavy atom. The molecule has 0 aromatic carbocycles.